The number of ether oxygens (including phenoxy) is 1. The Balaban J connectivity index is 1.60. The second-order valence-electron chi connectivity index (χ2n) is 6.44. The highest BCUT2D eigenvalue weighted by Gasteiger charge is 2.19. The Bertz CT molecular complexity index is 954. The molecule has 1 unspecified atom stereocenters. The zero-order chi connectivity index (χ0) is 20.6. The van der Waals surface area contributed by atoms with Gasteiger partial charge in [0.05, 0.1) is 25.8 Å². The van der Waals surface area contributed by atoms with Crippen LogP contribution in [0.2, 0.25) is 0 Å². The van der Waals surface area contributed by atoms with Crippen LogP contribution in [-0.2, 0) is 20.7 Å². The van der Waals surface area contributed by atoms with Crippen molar-refractivity contribution in [3.63, 3.8) is 0 Å². The molecule has 29 heavy (non-hydrogen) atoms. The van der Waals surface area contributed by atoms with Crippen molar-refractivity contribution in [2.24, 2.45) is 0 Å². The topological polar surface area (TPSA) is 81.4 Å². The summed E-state index contributed by atoms with van der Waals surface area (Å²) in [6.07, 6.45) is 2.02. The van der Waals surface area contributed by atoms with Crippen molar-refractivity contribution >= 4 is 11.9 Å². The van der Waals surface area contributed by atoms with E-state index in [1.54, 1.807) is 6.20 Å². The Kier molecular flexibility index (Phi) is 6.73. The second-order valence-corrected chi connectivity index (χ2v) is 6.44. The van der Waals surface area contributed by atoms with E-state index in [1.807, 2.05) is 30.3 Å². The molecule has 0 fully saturated rings. The number of oxazole rings is 1. The minimum Gasteiger partial charge on any atom is -0.469 e. The summed E-state index contributed by atoms with van der Waals surface area (Å²) in [4.78, 5) is 28.3. The number of aryl methyl sites for hydroxylation is 1. The number of esters is 1. The molecule has 1 aromatic heterocycles. The largest absolute Gasteiger partial charge is 0.469 e. The van der Waals surface area contributed by atoms with Gasteiger partial charge in [-0.2, -0.15) is 0 Å². The molecule has 0 spiro atoms. The summed E-state index contributed by atoms with van der Waals surface area (Å²) >= 11 is 0. The number of rotatable bonds is 8. The molecule has 6 nitrogen and oxygen atoms in total. The molecule has 0 saturated heterocycles. The van der Waals surface area contributed by atoms with Crippen LogP contribution in [-0.4, -0.2) is 24.0 Å². The fourth-order valence-corrected chi connectivity index (χ4v) is 2.85. The van der Waals surface area contributed by atoms with Gasteiger partial charge in [-0.3, -0.25) is 9.59 Å². The van der Waals surface area contributed by atoms with Gasteiger partial charge in [-0.25, -0.2) is 9.37 Å². The van der Waals surface area contributed by atoms with E-state index in [2.05, 4.69) is 10.3 Å². The number of nitrogens with one attached hydrogen (secondary N) is 1. The molecular weight excluding hydrogens is 375 g/mol. The van der Waals surface area contributed by atoms with E-state index in [9.17, 15) is 14.0 Å². The highest BCUT2D eigenvalue weighted by molar-refractivity contribution is 5.78. The molecule has 0 radical (unpaired) electrons. The molecule has 1 heterocycles. The van der Waals surface area contributed by atoms with E-state index in [1.165, 1.54) is 31.4 Å². The first kappa shape index (κ1) is 20.3. The Labute approximate surface area is 167 Å². The minimum atomic E-state index is -0.611. The number of carbonyl (C=O) groups is 2. The lowest BCUT2D eigenvalue weighted by Crippen LogP contribution is -2.30. The van der Waals surface area contributed by atoms with Crippen LogP contribution in [0.4, 0.5) is 4.39 Å². The Hall–Kier alpha value is -3.48. The van der Waals surface area contributed by atoms with Crippen molar-refractivity contribution in [2.75, 3.05) is 7.11 Å². The van der Waals surface area contributed by atoms with E-state index >= 15 is 0 Å². The van der Waals surface area contributed by atoms with Crippen molar-refractivity contribution in [2.45, 2.75) is 25.3 Å². The molecular formula is C22H21FN2O4. The SMILES string of the molecule is COC(=O)CC(NC(=O)CCc1ncc(-c2ccccc2)o1)c1ccc(F)cc1. The van der Waals surface area contributed by atoms with Gasteiger partial charge in [0.2, 0.25) is 5.91 Å². The predicted octanol–water partition coefficient (Wildman–Crippen LogP) is 3.83. The van der Waals surface area contributed by atoms with Crippen molar-refractivity contribution in [3.8, 4) is 11.3 Å². The highest BCUT2D eigenvalue weighted by Crippen LogP contribution is 2.21. The number of carbonyl (C=O) groups excluding carboxylic acids is 2. The van der Waals surface area contributed by atoms with Crippen molar-refractivity contribution in [3.05, 3.63) is 78.1 Å². The van der Waals surface area contributed by atoms with Crippen molar-refractivity contribution in [1.29, 1.82) is 0 Å². The Morgan fingerprint density at radius 1 is 1.14 bits per heavy atom. The van der Waals surface area contributed by atoms with Crippen molar-refractivity contribution < 1.29 is 23.1 Å². The molecule has 0 bridgehead atoms. The van der Waals surface area contributed by atoms with E-state index in [4.69, 9.17) is 9.15 Å². The summed E-state index contributed by atoms with van der Waals surface area (Å²) in [5.41, 5.74) is 1.53. The first-order chi connectivity index (χ1) is 14.0. The summed E-state index contributed by atoms with van der Waals surface area (Å²) in [6, 6.07) is 14.6. The zero-order valence-electron chi connectivity index (χ0n) is 15.9. The number of nitrogens with zero attached hydrogens (tertiary/aromatic N) is 1. The number of aromatic nitrogens is 1. The van der Waals surface area contributed by atoms with Gasteiger partial charge < -0.3 is 14.5 Å². The molecule has 0 aliphatic rings. The van der Waals surface area contributed by atoms with Gasteiger partial charge in [0.1, 0.15) is 5.82 Å². The maximum Gasteiger partial charge on any atom is 0.307 e. The third-order valence-corrected chi connectivity index (χ3v) is 4.38. The summed E-state index contributed by atoms with van der Waals surface area (Å²) in [5, 5.41) is 2.80. The molecule has 3 aromatic rings. The quantitative estimate of drug-likeness (QED) is 0.585. The number of halogens is 1. The molecule has 1 amide bonds. The van der Waals surface area contributed by atoms with Crippen LogP contribution in [0.25, 0.3) is 11.3 Å². The summed E-state index contributed by atoms with van der Waals surface area (Å²) in [6.45, 7) is 0. The molecule has 1 atom stereocenters. The van der Waals surface area contributed by atoms with E-state index in [0.29, 0.717) is 23.6 Å². The van der Waals surface area contributed by atoms with E-state index in [0.717, 1.165) is 5.56 Å². The van der Waals surface area contributed by atoms with Gasteiger partial charge in [0, 0.05) is 18.4 Å². The average molecular weight is 396 g/mol. The number of hydrogen-bond acceptors (Lipinski definition) is 5. The smallest absolute Gasteiger partial charge is 0.307 e. The van der Waals surface area contributed by atoms with Gasteiger partial charge in [-0.1, -0.05) is 42.5 Å². The number of amides is 1. The van der Waals surface area contributed by atoms with Crippen LogP contribution < -0.4 is 5.32 Å². The number of methoxy groups -OCH3 is 1. The van der Waals surface area contributed by atoms with Gasteiger partial charge >= 0.3 is 5.97 Å². The Morgan fingerprint density at radius 3 is 2.55 bits per heavy atom. The van der Waals surface area contributed by atoms with E-state index < -0.39 is 17.8 Å². The summed E-state index contributed by atoms with van der Waals surface area (Å²) < 4.78 is 23.6. The Morgan fingerprint density at radius 2 is 1.86 bits per heavy atom. The van der Waals surface area contributed by atoms with Gasteiger partial charge in [0.25, 0.3) is 0 Å². The van der Waals surface area contributed by atoms with Crippen LogP contribution >= 0.6 is 0 Å². The van der Waals surface area contributed by atoms with Crippen LogP contribution in [0.3, 0.4) is 0 Å². The summed E-state index contributed by atoms with van der Waals surface area (Å²) in [5.74, 6) is -0.0567. The first-order valence-corrected chi connectivity index (χ1v) is 9.17. The minimum absolute atomic E-state index is 0.0506. The monoisotopic (exact) mass is 396 g/mol. The lowest BCUT2D eigenvalue weighted by atomic mass is 10.0. The molecule has 0 aliphatic carbocycles. The standard InChI is InChI=1S/C22H21FN2O4/c1-28-22(27)13-18(15-7-9-17(23)10-8-15)25-20(26)11-12-21-24-14-19(29-21)16-5-3-2-4-6-16/h2-10,14,18H,11-13H2,1H3,(H,25,26). The fourth-order valence-electron chi connectivity index (χ4n) is 2.85. The number of hydrogen-bond donors (Lipinski definition) is 1. The molecule has 7 heteroatoms. The van der Waals surface area contributed by atoms with Crippen molar-refractivity contribution in [1.82, 2.24) is 10.3 Å². The molecule has 2 aromatic carbocycles. The highest BCUT2D eigenvalue weighted by atomic mass is 19.1. The summed E-state index contributed by atoms with van der Waals surface area (Å²) in [7, 11) is 1.28. The normalized spacial score (nSPS) is 11.7. The third-order valence-electron chi connectivity index (χ3n) is 4.38. The maximum absolute atomic E-state index is 13.2. The first-order valence-electron chi connectivity index (χ1n) is 9.17. The average Bonchev–Trinajstić information content (AvgIpc) is 3.22. The lowest BCUT2D eigenvalue weighted by Gasteiger charge is -2.18. The second kappa shape index (κ2) is 9.64. The lowest BCUT2D eigenvalue weighted by molar-refractivity contribution is -0.141. The molecule has 1 N–H and O–H groups in total. The van der Waals surface area contributed by atoms with Gasteiger partial charge in [-0.15, -0.1) is 0 Å². The van der Waals surface area contributed by atoms with Crippen LogP contribution in [0.1, 0.15) is 30.3 Å². The molecule has 0 saturated carbocycles. The van der Waals surface area contributed by atoms with Gasteiger partial charge in [-0.05, 0) is 17.7 Å². The third kappa shape index (κ3) is 5.75. The fraction of sp³-hybridized carbons (Fsp3) is 0.227. The molecule has 0 aliphatic heterocycles. The predicted molar refractivity (Wildman–Crippen MR) is 104 cm³/mol. The molecule has 3 rings (SSSR count). The maximum atomic E-state index is 13.2. The number of benzene rings is 2. The van der Waals surface area contributed by atoms with E-state index in [-0.39, 0.29) is 18.7 Å². The van der Waals surface area contributed by atoms with Crippen LogP contribution in [0.15, 0.2) is 65.2 Å². The molecule has 150 valence electrons. The van der Waals surface area contributed by atoms with Crippen LogP contribution in [0, 0.1) is 5.82 Å². The van der Waals surface area contributed by atoms with Crippen LogP contribution in [0.5, 0.6) is 0 Å². The zero-order valence-corrected chi connectivity index (χ0v) is 15.9. The van der Waals surface area contributed by atoms with Gasteiger partial charge in [0.15, 0.2) is 11.7 Å².